The quantitative estimate of drug-likeness (QED) is 0.910. The molecule has 1 aromatic rings. The monoisotopic (exact) mass is 302 g/mol. The number of carbonyl (C=O) groups excluding carboxylic acids is 1. The minimum Gasteiger partial charge on any atom is -0.468 e. The minimum absolute atomic E-state index is 0.0142. The molecule has 1 fully saturated rings. The number of nitrogens with zero attached hydrogens (tertiary/aromatic N) is 1. The Labute approximate surface area is 120 Å². The van der Waals surface area contributed by atoms with Gasteiger partial charge in [-0.1, -0.05) is 13.8 Å². The van der Waals surface area contributed by atoms with Crippen molar-refractivity contribution < 1.29 is 22.7 Å². The molecular weight excluding hydrogens is 285 g/mol. The van der Waals surface area contributed by atoms with Crippen molar-refractivity contribution in [3.8, 4) is 5.88 Å². The molecule has 0 aliphatic heterocycles. The maximum atomic E-state index is 12.1. The maximum Gasteiger partial charge on any atom is 0.422 e. The Kier molecular flexibility index (Phi) is 4.11. The van der Waals surface area contributed by atoms with Crippen LogP contribution in [0.25, 0.3) is 0 Å². The lowest BCUT2D eigenvalue weighted by Crippen LogP contribution is -2.26. The first kappa shape index (κ1) is 15.6. The largest absolute Gasteiger partial charge is 0.468 e. The summed E-state index contributed by atoms with van der Waals surface area (Å²) in [5, 5.41) is 2.77. The summed E-state index contributed by atoms with van der Waals surface area (Å²) in [4.78, 5) is 15.5. The van der Waals surface area contributed by atoms with Gasteiger partial charge in [0, 0.05) is 24.7 Å². The zero-order chi connectivity index (χ0) is 15.7. The molecule has 1 amide bonds. The standard InChI is InChI=1S/C14H17F3N2O2/c1-13(2)6-10(13)12(20)19-7-9-3-4-18-11(5-9)21-8-14(15,16)17/h3-5,10H,6-8H2,1-2H3,(H,19,20). The van der Waals surface area contributed by atoms with E-state index in [2.05, 4.69) is 15.0 Å². The Morgan fingerprint density at radius 3 is 2.76 bits per heavy atom. The van der Waals surface area contributed by atoms with Crippen molar-refractivity contribution in [3.05, 3.63) is 23.9 Å². The number of alkyl halides is 3. The highest BCUT2D eigenvalue weighted by atomic mass is 19.4. The van der Waals surface area contributed by atoms with E-state index in [-0.39, 0.29) is 29.7 Å². The molecule has 21 heavy (non-hydrogen) atoms. The number of ether oxygens (including phenoxy) is 1. The van der Waals surface area contributed by atoms with Crippen LogP contribution in [0.5, 0.6) is 5.88 Å². The van der Waals surface area contributed by atoms with Gasteiger partial charge in [0.15, 0.2) is 6.61 Å². The molecule has 0 spiro atoms. The van der Waals surface area contributed by atoms with E-state index in [1.54, 1.807) is 6.07 Å². The number of nitrogens with one attached hydrogen (secondary N) is 1. The number of hydrogen-bond acceptors (Lipinski definition) is 3. The van der Waals surface area contributed by atoms with Crippen molar-refractivity contribution >= 4 is 5.91 Å². The molecule has 1 aliphatic carbocycles. The van der Waals surface area contributed by atoms with Gasteiger partial charge in [-0.05, 0) is 23.5 Å². The van der Waals surface area contributed by atoms with Crippen LogP contribution in [-0.2, 0) is 11.3 Å². The predicted molar refractivity (Wildman–Crippen MR) is 69.5 cm³/mol. The average Bonchev–Trinajstić information content (AvgIpc) is 3.03. The Morgan fingerprint density at radius 2 is 2.19 bits per heavy atom. The molecule has 1 N–H and O–H groups in total. The van der Waals surface area contributed by atoms with Crippen LogP contribution in [0.2, 0.25) is 0 Å². The van der Waals surface area contributed by atoms with Gasteiger partial charge in [-0.25, -0.2) is 4.98 Å². The summed E-state index contributed by atoms with van der Waals surface area (Å²) in [6, 6.07) is 3.02. The molecule has 7 heteroatoms. The zero-order valence-corrected chi connectivity index (χ0v) is 11.8. The number of carbonyl (C=O) groups is 1. The van der Waals surface area contributed by atoms with Crippen molar-refractivity contribution in [2.24, 2.45) is 11.3 Å². The lowest BCUT2D eigenvalue weighted by atomic mass is 10.1. The van der Waals surface area contributed by atoms with E-state index >= 15 is 0 Å². The summed E-state index contributed by atoms with van der Waals surface area (Å²) in [7, 11) is 0. The Hall–Kier alpha value is -1.79. The molecule has 0 aromatic carbocycles. The smallest absolute Gasteiger partial charge is 0.422 e. The van der Waals surface area contributed by atoms with Crippen LogP contribution in [0, 0.1) is 11.3 Å². The third-order valence-corrected chi connectivity index (χ3v) is 3.48. The van der Waals surface area contributed by atoms with Gasteiger partial charge in [-0.3, -0.25) is 4.79 Å². The minimum atomic E-state index is -4.40. The first-order valence-corrected chi connectivity index (χ1v) is 6.59. The Balaban J connectivity index is 1.85. The fraction of sp³-hybridized carbons (Fsp3) is 0.571. The molecule has 0 radical (unpaired) electrons. The summed E-state index contributed by atoms with van der Waals surface area (Å²) in [6.45, 7) is 2.90. The number of aromatic nitrogens is 1. The first-order valence-electron chi connectivity index (χ1n) is 6.59. The van der Waals surface area contributed by atoms with Crippen LogP contribution in [0.3, 0.4) is 0 Å². The molecule has 1 unspecified atom stereocenters. The second-order valence-electron chi connectivity index (χ2n) is 5.87. The summed E-state index contributed by atoms with van der Waals surface area (Å²) in [6.07, 6.45) is -2.19. The van der Waals surface area contributed by atoms with Gasteiger partial charge in [-0.15, -0.1) is 0 Å². The van der Waals surface area contributed by atoms with E-state index in [1.165, 1.54) is 12.3 Å². The first-order chi connectivity index (χ1) is 9.67. The maximum absolute atomic E-state index is 12.1. The van der Waals surface area contributed by atoms with Gasteiger partial charge >= 0.3 is 6.18 Å². The van der Waals surface area contributed by atoms with E-state index < -0.39 is 12.8 Å². The molecule has 1 aromatic heterocycles. The second kappa shape index (κ2) is 5.54. The predicted octanol–water partition coefficient (Wildman–Crippen LogP) is 2.69. The highest BCUT2D eigenvalue weighted by molar-refractivity contribution is 5.82. The number of hydrogen-bond donors (Lipinski definition) is 1. The van der Waals surface area contributed by atoms with E-state index in [9.17, 15) is 18.0 Å². The molecule has 1 atom stereocenters. The number of pyridine rings is 1. The summed E-state index contributed by atoms with van der Waals surface area (Å²) in [5.74, 6) is -0.124. The van der Waals surface area contributed by atoms with Crippen LogP contribution < -0.4 is 10.1 Å². The van der Waals surface area contributed by atoms with Crippen molar-refractivity contribution in [3.63, 3.8) is 0 Å². The number of halogens is 3. The lowest BCUT2D eigenvalue weighted by Gasteiger charge is -2.10. The van der Waals surface area contributed by atoms with Gasteiger partial charge in [0.25, 0.3) is 0 Å². The topological polar surface area (TPSA) is 51.2 Å². The molecule has 0 bridgehead atoms. The molecular formula is C14H17F3N2O2. The van der Waals surface area contributed by atoms with Gasteiger partial charge in [0.2, 0.25) is 11.8 Å². The highest BCUT2D eigenvalue weighted by Gasteiger charge is 2.50. The highest BCUT2D eigenvalue weighted by Crippen LogP contribution is 2.51. The average molecular weight is 302 g/mol. The van der Waals surface area contributed by atoms with Crippen LogP contribution in [-0.4, -0.2) is 23.7 Å². The molecule has 116 valence electrons. The van der Waals surface area contributed by atoms with Crippen molar-refractivity contribution in [2.45, 2.75) is 33.0 Å². The summed E-state index contributed by atoms with van der Waals surface area (Å²) in [5.41, 5.74) is 0.692. The van der Waals surface area contributed by atoms with Gasteiger partial charge < -0.3 is 10.1 Å². The normalized spacial score (nSPS) is 20.0. The van der Waals surface area contributed by atoms with Crippen molar-refractivity contribution in [1.82, 2.24) is 10.3 Å². The van der Waals surface area contributed by atoms with E-state index in [4.69, 9.17) is 0 Å². The third kappa shape index (κ3) is 4.61. The molecule has 1 aliphatic rings. The Bertz CT molecular complexity index is 529. The Morgan fingerprint density at radius 1 is 1.52 bits per heavy atom. The SMILES string of the molecule is CC1(C)CC1C(=O)NCc1ccnc(OCC(F)(F)F)c1. The second-order valence-corrected chi connectivity index (χ2v) is 5.87. The lowest BCUT2D eigenvalue weighted by molar-refractivity contribution is -0.154. The third-order valence-electron chi connectivity index (χ3n) is 3.48. The number of rotatable bonds is 5. The molecule has 0 saturated heterocycles. The van der Waals surface area contributed by atoms with Crippen LogP contribution in [0.15, 0.2) is 18.3 Å². The van der Waals surface area contributed by atoms with Crippen LogP contribution in [0.4, 0.5) is 13.2 Å². The molecule has 1 saturated carbocycles. The van der Waals surface area contributed by atoms with Gasteiger partial charge in [0.1, 0.15) is 0 Å². The zero-order valence-electron chi connectivity index (χ0n) is 11.8. The summed E-state index contributed by atoms with van der Waals surface area (Å²) < 4.78 is 40.7. The van der Waals surface area contributed by atoms with E-state index in [0.29, 0.717) is 5.56 Å². The molecule has 1 heterocycles. The summed E-state index contributed by atoms with van der Waals surface area (Å²) >= 11 is 0. The van der Waals surface area contributed by atoms with E-state index in [0.717, 1.165) is 6.42 Å². The van der Waals surface area contributed by atoms with Gasteiger partial charge in [0.05, 0.1) is 0 Å². The fourth-order valence-corrected chi connectivity index (χ4v) is 2.02. The molecule has 4 nitrogen and oxygen atoms in total. The number of amides is 1. The molecule has 2 rings (SSSR count). The van der Waals surface area contributed by atoms with Gasteiger partial charge in [-0.2, -0.15) is 13.2 Å². The van der Waals surface area contributed by atoms with Crippen LogP contribution in [0.1, 0.15) is 25.8 Å². The van der Waals surface area contributed by atoms with Crippen LogP contribution >= 0.6 is 0 Å². The van der Waals surface area contributed by atoms with E-state index in [1.807, 2.05) is 13.8 Å². The van der Waals surface area contributed by atoms with Crippen molar-refractivity contribution in [1.29, 1.82) is 0 Å². The van der Waals surface area contributed by atoms with Crippen molar-refractivity contribution in [2.75, 3.05) is 6.61 Å². The fourth-order valence-electron chi connectivity index (χ4n) is 2.02.